The molecule has 0 N–H and O–H groups in total. The van der Waals surface area contributed by atoms with Crippen LogP contribution in [-0.2, 0) is 23.8 Å². The smallest absolute Gasteiger partial charge is 0.337 e. The van der Waals surface area contributed by atoms with Gasteiger partial charge in [0.15, 0.2) is 0 Å². The molecule has 5 heteroatoms. The van der Waals surface area contributed by atoms with E-state index in [-0.39, 0.29) is 17.8 Å². The zero-order chi connectivity index (χ0) is 18.1. The molecule has 0 amide bonds. The van der Waals surface area contributed by atoms with Crippen molar-refractivity contribution in [3.8, 4) is 0 Å². The van der Waals surface area contributed by atoms with Crippen molar-refractivity contribution in [1.29, 1.82) is 0 Å². The van der Waals surface area contributed by atoms with E-state index in [9.17, 15) is 9.59 Å². The molecule has 0 aromatic carbocycles. The maximum atomic E-state index is 12.2. The van der Waals surface area contributed by atoms with E-state index in [1.165, 1.54) is 30.2 Å². The lowest BCUT2D eigenvalue weighted by Gasteiger charge is -2.37. The number of hydrogen-bond donors (Lipinski definition) is 0. The van der Waals surface area contributed by atoms with E-state index in [2.05, 4.69) is 13.8 Å². The molecular formula is C20H26O5. The average Bonchev–Trinajstić information content (AvgIpc) is 2.87. The summed E-state index contributed by atoms with van der Waals surface area (Å²) < 4.78 is 16.0. The molecule has 0 aromatic rings. The highest BCUT2D eigenvalue weighted by molar-refractivity contribution is 5.90. The average molecular weight is 346 g/mol. The number of carbonyl (C=O) groups is 2. The predicted octanol–water partition coefficient (Wildman–Crippen LogP) is 3.66. The van der Waals surface area contributed by atoms with Crippen LogP contribution in [-0.4, -0.2) is 24.8 Å². The van der Waals surface area contributed by atoms with Crippen LogP contribution in [0.15, 0.2) is 34.6 Å². The Hall–Kier alpha value is -2.04. The van der Waals surface area contributed by atoms with Gasteiger partial charge in [-0.3, -0.25) is 0 Å². The van der Waals surface area contributed by atoms with Gasteiger partial charge in [0.1, 0.15) is 0 Å². The molecule has 5 nitrogen and oxygen atoms in total. The Morgan fingerprint density at radius 1 is 1.20 bits per heavy atom. The topological polar surface area (TPSA) is 61.8 Å². The molecule has 3 aliphatic rings. The lowest BCUT2D eigenvalue weighted by molar-refractivity contribution is -0.152. The van der Waals surface area contributed by atoms with Crippen LogP contribution in [0.2, 0.25) is 0 Å². The van der Waals surface area contributed by atoms with Crippen LogP contribution in [0.25, 0.3) is 0 Å². The first kappa shape index (κ1) is 17.8. The van der Waals surface area contributed by atoms with Gasteiger partial charge >= 0.3 is 11.9 Å². The van der Waals surface area contributed by atoms with Gasteiger partial charge in [-0.15, -0.1) is 0 Å². The standard InChI is InChI=1S/C20H26O5/c1-11-6-5-7-12(2)18(11)15-9-24-20(22)16(14(15)4)10-23-17-8-13(3)19(21)25-17/h8,10-11,14-15,17H,5-7,9H2,1-4H3/b16-10+. The van der Waals surface area contributed by atoms with Crippen LogP contribution >= 0.6 is 0 Å². The second kappa shape index (κ2) is 7.06. The lowest BCUT2D eigenvalue weighted by Crippen LogP contribution is -2.35. The van der Waals surface area contributed by atoms with Gasteiger partial charge in [0, 0.05) is 23.5 Å². The third-order valence-corrected chi connectivity index (χ3v) is 5.60. The first-order chi connectivity index (χ1) is 11.9. The summed E-state index contributed by atoms with van der Waals surface area (Å²) >= 11 is 0. The first-order valence-electron chi connectivity index (χ1n) is 9.00. The molecule has 4 atom stereocenters. The van der Waals surface area contributed by atoms with Crippen LogP contribution in [0.4, 0.5) is 0 Å². The van der Waals surface area contributed by atoms with E-state index in [1.54, 1.807) is 13.0 Å². The summed E-state index contributed by atoms with van der Waals surface area (Å²) in [5.41, 5.74) is 3.87. The van der Waals surface area contributed by atoms with Crippen molar-refractivity contribution in [1.82, 2.24) is 0 Å². The summed E-state index contributed by atoms with van der Waals surface area (Å²) in [5.74, 6) is -0.0328. The van der Waals surface area contributed by atoms with E-state index in [0.29, 0.717) is 23.7 Å². The highest BCUT2D eigenvalue weighted by atomic mass is 16.7. The van der Waals surface area contributed by atoms with Gasteiger partial charge in [-0.25, -0.2) is 9.59 Å². The summed E-state index contributed by atoms with van der Waals surface area (Å²) in [6.07, 6.45) is 5.77. The highest BCUT2D eigenvalue weighted by Crippen LogP contribution is 2.41. The summed E-state index contributed by atoms with van der Waals surface area (Å²) in [6, 6.07) is 0. The largest absolute Gasteiger partial charge is 0.462 e. The Kier molecular flexibility index (Phi) is 5.02. The highest BCUT2D eigenvalue weighted by Gasteiger charge is 2.38. The van der Waals surface area contributed by atoms with Gasteiger partial charge < -0.3 is 14.2 Å². The molecule has 1 aliphatic carbocycles. The molecule has 136 valence electrons. The summed E-state index contributed by atoms with van der Waals surface area (Å²) in [5, 5.41) is 0. The second-order valence-electron chi connectivity index (χ2n) is 7.36. The fourth-order valence-electron chi connectivity index (χ4n) is 4.10. The zero-order valence-corrected chi connectivity index (χ0v) is 15.3. The Balaban J connectivity index is 1.79. The molecule has 0 aromatic heterocycles. The number of cyclic esters (lactones) is 2. The van der Waals surface area contributed by atoms with Gasteiger partial charge in [-0.05, 0) is 39.0 Å². The maximum Gasteiger partial charge on any atom is 0.337 e. The predicted molar refractivity (Wildman–Crippen MR) is 92.1 cm³/mol. The number of allylic oxidation sites excluding steroid dienone is 1. The molecule has 0 saturated carbocycles. The van der Waals surface area contributed by atoms with Crippen molar-refractivity contribution in [2.24, 2.45) is 17.8 Å². The molecule has 25 heavy (non-hydrogen) atoms. The minimum Gasteiger partial charge on any atom is -0.462 e. The van der Waals surface area contributed by atoms with E-state index < -0.39 is 12.3 Å². The Bertz CT molecular complexity index is 670. The number of esters is 2. The molecule has 4 unspecified atom stereocenters. The van der Waals surface area contributed by atoms with Crippen molar-refractivity contribution in [3.05, 3.63) is 34.6 Å². The summed E-state index contributed by atoms with van der Waals surface area (Å²) in [4.78, 5) is 23.6. The molecule has 3 rings (SSSR count). The molecule has 2 heterocycles. The van der Waals surface area contributed by atoms with Crippen LogP contribution in [0.5, 0.6) is 0 Å². The number of hydrogen-bond acceptors (Lipinski definition) is 5. The third-order valence-electron chi connectivity index (χ3n) is 5.60. The molecule has 0 spiro atoms. The monoisotopic (exact) mass is 346 g/mol. The molecular weight excluding hydrogens is 320 g/mol. The maximum absolute atomic E-state index is 12.2. The molecule has 0 radical (unpaired) electrons. The SMILES string of the molecule is CC1=CC(O/C=C2/C(=O)OCC(C3=C(C)CCCC3C)C2C)OC1=O. The van der Waals surface area contributed by atoms with E-state index in [4.69, 9.17) is 14.2 Å². The third kappa shape index (κ3) is 3.51. The molecule has 1 saturated heterocycles. The van der Waals surface area contributed by atoms with E-state index in [1.807, 2.05) is 6.92 Å². The number of rotatable bonds is 3. The van der Waals surface area contributed by atoms with Crippen molar-refractivity contribution < 1.29 is 23.8 Å². The Morgan fingerprint density at radius 3 is 2.60 bits per heavy atom. The lowest BCUT2D eigenvalue weighted by atomic mass is 9.71. The summed E-state index contributed by atoms with van der Waals surface area (Å²) in [6.45, 7) is 8.59. The van der Waals surface area contributed by atoms with Crippen LogP contribution in [0, 0.1) is 17.8 Å². The van der Waals surface area contributed by atoms with E-state index in [0.717, 1.165) is 6.42 Å². The zero-order valence-electron chi connectivity index (χ0n) is 15.3. The van der Waals surface area contributed by atoms with Crippen LogP contribution in [0.3, 0.4) is 0 Å². The van der Waals surface area contributed by atoms with Crippen molar-refractivity contribution >= 4 is 11.9 Å². The fraction of sp³-hybridized carbons (Fsp3) is 0.600. The molecule has 2 aliphatic heterocycles. The normalized spacial score (nSPS) is 34.7. The molecule has 0 bridgehead atoms. The van der Waals surface area contributed by atoms with Gasteiger partial charge in [0.25, 0.3) is 6.29 Å². The molecule has 1 fully saturated rings. The van der Waals surface area contributed by atoms with Gasteiger partial charge in [-0.1, -0.05) is 25.0 Å². The van der Waals surface area contributed by atoms with Crippen molar-refractivity contribution in [3.63, 3.8) is 0 Å². The van der Waals surface area contributed by atoms with Crippen molar-refractivity contribution in [2.45, 2.75) is 53.2 Å². The van der Waals surface area contributed by atoms with Gasteiger partial charge in [-0.2, -0.15) is 0 Å². The van der Waals surface area contributed by atoms with E-state index >= 15 is 0 Å². The quantitative estimate of drug-likeness (QED) is 0.338. The van der Waals surface area contributed by atoms with Gasteiger partial charge in [0.2, 0.25) is 0 Å². The fourth-order valence-corrected chi connectivity index (χ4v) is 4.10. The minimum absolute atomic E-state index is 0.00827. The van der Waals surface area contributed by atoms with Gasteiger partial charge in [0.05, 0.1) is 18.4 Å². The first-order valence-corrected chi connectivity index (χ1v) is 9.00. The van der Waals surface area contributed by atoms with Crippen molar-refractivity contribution in [2.75, 3.05) is 6.61 Å². The Labute approximate surface area is 148 Å². The van der Waals surface area contributed by atoms with Crippen LogP contribution < -0.4 is 0 Å². The second-order valence-corrected chi connectivity index (χ2v) is 7.36. The number of carbonyl (C=O) groups excluding carboxylic acids is 2. The Morgan fingerprint density at radius 2 is 1.96 bits per heavy atom. The van der Waals surface area contributed by atoms with Crippen LogP contribution in [0.1, 0.15) is 47.0 Å². The summed E-state index contributed by atoms with van der Waals surface area (Å²) in [7, 11) is 0. The number of ether oxygens (including phenoxy) is 3. The minimum atomic E-state index is -0.769.